The predicted octanol–water partition coefficient (Wildman–Crippen LogP) is 2.18. The summed E-state index contributed by atoms with van der Waals surface area (Å²) in [5.41, 5.74) is 0.754. The number of carbonyl (C=O) groups is 1. The van der Waals surface area contributed by atoms with Gasteiger partial charge >= 0.3 is 0 Å². The van der Waals surface area contributed by atoms with E-state index in [4.69, 9.17) is 0 Å². The molecule has 17 heavy (non-hydrogen) atoms. The van der Waals surface area contributed by atoms with Gasteiger partial charge in [-0.2, -0.15) is 0 Å². The molecule has 0 spiro atoms. The van der Waals surface area contributed by atoms with Crippen molar-refractivity contribution in [1.29, 1.82) is 0 Å². The molecule has 4 nitrogen and oxygen atoms in total. The Morgan fingerprint density at radius 3 is 2.53 bits per heavy atom. The lowest BCUT2D eigenvalue weighted by Crippen LogP contribution is -2.45. The van der Waals surface area contributed by atoms with Crippen LogP contribution in [0.4, 0.5) is 0 Å². The number of hydrogen-bond acceptors (Lipinski definition) is 2. The normalized spacial score (nSPS) is 17.4. The molecule has 0 unspecified atom stereocenters. The van der Waals surface area contributed by atoms with Crippen LogP contribution in [-0.2, 0) is 4.79 Å². The van der Waals surface area contributed by atoms with Gasteiger partial charge in [0.2, 0.25) is 11.9 Å². The van der Waals surface area contributed by atoms with Crippen molar-refractivity contribution in [3.63, 3.8) is 0 Å². The summed E-state index contributed by atoms with van der Waals surface area (Å²) in [5.74, 6) is 0.514. The summed E-state index contributed by atoms with van der Waals surface area (Å²) in [4.78, 5) is 15.9. The highest BCUT2D eigenvalue weighted by Gasteiger charge is 2.22. The molecule has 1 aliphatic rings. The Bertz CT molecular complexity index is 337. The number of rotatable bonds is 1. The maximum Gasteiger partial charge on any atom is 0.232 e. The van der Waals surface area contributed by atoms with Crippen molar-refractivity contribution >= 4 is 11.9 Å². The number of allylic oxidation sites excluding steroid dienone is 2. The summed E-state index contributed by atoms with van der Waals surface area (Å²) in [6.07, 6.45) is 6.76. The summed E-state index contributed by atoms with van der Waals surface area (Å²) in [7, 11) is 1.68. The number of amides is 1. The number of nitrogens with one attached hydrogen (secondary N) is 2. The second-order valence-electron chi connectivity index (χ2n) is 5.38. The van der Waals surface area contributed by atoms with E-state index < -0.39 is 5.41 Å². The van der Waals surface area contributed by atoms with Crippen LogP contribution in [0.25, 0.3) is 0 Å². The van der Waals surface area contributed by atoms with Crippen LogP contribution in [-0.4, -0.2) is 18.9 Å². The quantitative estimate of drug-likeness (QED) is 0.542. The van der Waals surface area contributed by atoms with Crippen molar-refractivity contribution in [1.82, 2.24) is 10.6 Å². The summed E-state index contributed by atoms with van der Waals surface area (Å²) >= 11 is 0. The number of guanidine groups is 1. The van der Waals surface area contributed by atoms with Crippen molar-refractivity contribution in [2.75, 3.05) is 7.05 Å². The standard InChI is InChI=1S/C13H23N3O/c1-13(2,3)11(17)16-12(14-4)15-10-8-6-5-7-9-10/h8H,5-7,9H2,1-4H3,(H2,14,15,16,17). The first kappa shape index (κ1) is 13.7. The Morgan fingerprint density at radius 1 is 1.35 bits per heavy atom. The van der Waals surface area contributed by atoms with Gasteiger partial charge in [-0.05, 0) is 25.7 Å². The van der Waals surface area contributed by atoms with E-state index in [1.54, 1.807) is 7.05 Å². The number of nitrogens with zero attached hydrogens (tertiary/aromatic N) is 1. The molecule has 1 aliphatic carbocycles. The average Bonchev–Trinajstić information content (AvgIpc) is 2.28. The third-order valence-electron chi connectivity index (χ3n) is 2.71. The third-order valence-corrected chi connectivity index (χ3v) is 2.71. The molecule has 0 aliphatic heterocycles. The first-order valence-corrected chi connectivity index (χ1v) is 6.18. The van der Waals surface area contributed by atoms with Crippen molar-refractivity contribution < 1.29 is 4.79 Å². The lowest BCUT2D eigenvalue weighted by Gasteiger charge is -2.21. The molecule has 2 N–H and O–H groups in total. The monoisotopic (exact) mass is 237 g/mol. The fraction of sp³-hybridized carbons (Fsp3) is 0.692. The summed E-state index contributed by atoms with van der Waals surface area (Å²) in [6.45, 7) is 5.65. The lowest BCUT2D eigenvalue weighted by atomic mass is 9.96. The third kappa shape index (κ3) is 4.59. The van der Waals surface area contributed by atoms with Crippen LogP contribution in [0.3, 0.4) is 0 Å². The molecule has 0 aromatic heterocycles. The van der Waals surface area contributed by atoms with E-state index in [0.717, 1.165) is 18.5 Å². The molecule has 0 fully saturated rings. The Balaban J connectivity index is 2.55. The second-order valence-corrected chi connectivity index (χ2v) is 5.38. The molecule has 1 amide bonds. The van der Waals surface area contributed by atoms with Crippen molar-refractivity contribution in [3.8, 4) is 0 Å². The molecule has 0 atom stereocenters. The molecule has 1 rings (SSSR count). The van der Waals surface area contributed by atoms with Crippen LogP contribution in [0.5, 0.6) is 0 Å². The van der Waals surface area contributed by atoms with Gasteiger partial charge in [0, 0.05) is 18.2 Å². The largest absolute Gasteiger partial charge is 0.330 e. The first-order valence-electron chi connectivity index (χ1n) is 6.18. The molecule has 96 valence electrons. The van der Waals surface area contributed by atoms with Crippen LogP contribution in [0.15, 0.2) is 16.8 Å². The molecule has 4 heteroatoms. The fourth-order valence-corrected chi connectivity index (χ4v) is 1.54. The van der Waals surface area contributed by atoms with Gasteiger partial charge in [0.1, 0.15) is 0 Å². The molecule has 0 aromatic carbocycles. The molecule has 0 heterocycles. The van der Waals surface area contributed by atoms with E-state index in [2.05, 4.69) is 21.7 Å². The number of hydrogen-bond donors (Lipinski definition) is 2. The molecular formula is C13H23N3O. The molecule has 0 saturated heterocycles. The zero-order valence-electron chi connectivity index (χ0n) is 11.3. The van der Waals surface area contributed by atoms with E-state index in [9.17, 15) is 4.79 Å². The van der Waals surface area contributed by atoms with Gasteiger partial charge in [0.25, 0.3) is 0 Å². The highest BCUT2D eigenvalue weighted by atomic mass is 16.2. The minimum Gasteiger partial charge on any atom is -0.330 e. The van der Waals surface area contributed by atoms with Gasteiger partial charge in [-0.3, -0.25) is 15.1 Å². The second kappa shape index (κ2) is 5.84. The Hall–Kier alpha value is -1.32. The zero-order chi connectivity index (χ0) is 12.9. The van der Waals surface area contributed by atoms with E-state index in [1.165, 1.54) is 12.8 Å². The number of carbonyl (C=O) groups excluding carboxylic acids is 1. The Morgan fingerprint density at radius 2 is 2.06 bits per heavy atom. The topological polar surface area (TPSA) is 53.5 Å². The smallest absolute Gasteiger partial charge is 0.232 e. The zero-order valence-corrected chi connectivity index (χ0v) is 11.3. The molecule has 0 saturated carbocycles. The van der Waals surface area contributed by atoms with Crippen molar-refractivity contribution in [2.45, 2.75) is 46.5 Å². The maximum absolute atomic E-state index is 11.8. The minimum absolute atomic E-state index is 0.0259. The van der Waals surface area contributed by atoms with Gasteiger partial charge < -0.3 is 5.32 Å². The Labute approximate surface area is 104 Å². The summed E-state index contributed by atoms with van der Waals surface area (Å²) < 4.78 is 0. The predicted molar refractivity (Wildman–Crippen MR) is 70.6 cm³/mol. The maximum atomic E-state index is 11.8. The molecule has 0 radical (unpaired) electrons. The first-order chi connectivity index (χ1) is 7.93. The van der Waals surface area contributed by atoms with Crippen LogP contribution >= 0.6 is 0 Å². The highest BCUT2D eigenvalue weighted by Crippen LogP contribution is 2.15. The van der Waals surface area contributed by atoms with Crippen molar-refractivity contribution in [3.05, 3.63) is 11.8 Å². The van der Waals surface area contributed by atoms with Crippen molar-refractivity contribution in [2.24, 2.45) is 10.4 Å². The van der Waals surface area contributed by atoms with E-state index in [0.29, 0.717) is 5.96 Å². The molecular weight excluding hydrogens is 214 g/mol. The SMILES string of the molecule is CN=C(NC(=O)C(C)(C)C)NC1=CCCCC1. The van der Waals surface area contributed by atoms with Gasteiger partial charge in [-0.25, -0.2) is 0 Å². The van der Waals surface area contributed by atoms with Gasteiger partial charge in [0.05, 0.1) is 0 Å². The summed E-state index contributed by atoms with van der Waals surface area (Å²) in [5, 5.41) is 6.00. The fourth-order valence-electron chi connectivity index (χ4n) is 1.54. The van der Waals surface area contributed by atoms with Crippen LogP contribution < -0.4 is 10.6 Å². The van der Waals surface area contributed by atoms with E-state index in [1.807, 2.05) is 20.8 Å². The number of aliphatic imine (C=N–C) groups is 1. The summed E-state index contributed by atoms with van der Waals surface area (Å²) in [6, 6.07) is 0. The van der Waals surface area contributed by atoms with Crippen LogP contribution in [0, 0.1) is 5.41 Å². The lowest BCUT2D eigenvalue weighted by molar-refractivity contribution is -0.127. The van der Waals surface area contributed by atoms with Gasteiger partial charge in [0.15, 0.2) is 0 Å². The van der Waals surface area contributed by atoms with E-state index in [-0.39, 0.29) is 5.91 Å². The Kier molecular flexibility index (Phi) is 4.73. The van der Waals surface area contributed by atoms with Crippen LogP contribution in [0.2, 0.25) is 0 Å². The molecule has 0 bridgehead atoms. The highest BCUT2D eigenvalue weighted by molar-refractivity contribution is 5.99. The van der Waals surface area contributed by atoms with Gasteiger partial charge in [-0.15, -0.1) is 0 Å². The van der Waals surface area contributed by atoms with Crippen LogP contribution in [0.1, 0.15) is 46.5 Å². The van der Waals surface area contributed by atoms with E-state index >= 15 is 0 Å². The van der Waals surface area contributed by atoms with Gasteiger partial charge in [-0.1, -0.05) is 26.8 Å². The molecule has 0 aromatic rings. The minimum atomic E-state index is -0.404. The average molecular weight is 237 g/mol.